The van der Waals surface area contributed by atoms with Gasteiger partial charge in [0.05, 0.1) is 16.3 Å². The first kappa shape index (κ1) is 25.8. The van der Waals surface area contributed by atoms with Crippen molar-refractivity contribution in [1.82, 2.24) is 18.9 Å². The lowest BCUT2D eigenvalue weighted by Gasteiger charge is -2.37. The molecule has 1 fully saturated rings. The van der Waals surface area contributed by atoms with E-state index in [0.717, 1.165) is 29.7 Å². The van der Waals surface area contributed by atoms with Gasteiger partial charge in [0.1, 0.15) is 11.9 Å². The van der Waals surface area contributed by atoms with Crippen molar-refractivity contribution in [3.05, 3.63) is 66.9 Å². The number of pyridine rings is 1. The number of hydrogen-bond donors (Lipinski definition) is 1. The van der Waals surface area contributed by atoms with Crippen molar-refractivity contribution in [2.24, 2.45) is 5.92 Å². The fourth-order valence-corrected chi connectivity index (χ4v) is 6.03. The first-order valence-electron chi connectivity index (χ1n) is 12.6. The Morgan fingerprint density at radius 1 is 1.11 bits per heavy atom. The summed E-state index contributed by atoms with van der Waals surface area (Å²) in [7, 11) is -3.84. The number of rotatable bonds is 7. The normalized spacial score (nSPS) is 17.7. The maximum absolute atomic E-state index is 13.5. The lowest BCUT2D eigenvalue weighted by atomic mass is 9.78. The minimum absolute atomic E-state index is 0.116. The van der Waals surface area contributed by atoms with Gasteiger partial charge in [-0.3, -0.25) is 4.79 Å². The topological polar surface area (TPSA) is 116 Å². The molecule has 3 aromatic heterocycles. The molecule has 38 heavy (non-hydrogen) atoms. The van der Waals surface area contributed by atoms with Crippen molar-refractivity contribution in [3.63, 3.8) is 0 Å². The maximum Gasteiger partial charge on any atom is 0.306 e. The predicted octanol–water partition coefficient (Wildman–Crippen LogP) is 4.96. The Balaban J connectivity index is 1.46. The molecule has 0 aliphatic heterocycles. The van der Waals surface area contributed by atoms with Crippen LogP contribution in [0, 0.1) is 12.8 Å². The quantitative estimate of drug-likeness (QED) is 0.331. The number of carbonyl (C=O) groups is 1. The van der Waals surface area contributed by atoms with Gasteiger partial charge < -0.3 is 10.1 Å². The number of hydrogen-bond acceptors (Lipinski definition) is 8. The van der Waals surface area contributed by atoms with Crippen molar-refractivity contribution in [2.45, 2.75) is 63.5 Å². The van der Waals surface area contributed by atoms with Crippen LogP contribution in [0.5, 0.6) is 0 Å². The molecule has 198 valence electrons. The summed E-state index contributed by atoms with van der Waals surface area (Å²) in [4.78, 5) is 25.4. The fraction of sp³-hybridized carbons (Fsp3) is 0.357. The second-order valence-electron chi connectivity index (χ2n) is 10.8. The number of nitrogens with zero attached hydrogens (tertiary/aromatic N) is 4. The van der Waals surface area contributed by atoms with Crippen LogP contribution in [-0.4, -0.2) is 45.0 Å². The molecule has 5 rings (SSSR count). The second-order valence-corrected chi connectivity index (χ2v) is 12.6. The average Bonchev–Trinajstić information content (AvgIpc) is 3.28. The van der Waals surface area contributed by atoms with Crippen LogP contribution in [0.25, 0.3) is 22.3 Å². The molecule has 0 unspecified atom stereocenters. The third-order valence-electron chi connectivity index (χ3n) is 6.58. The molecular formula is C28H31N5O4S. The number of aromatic nitrogens is 4. The van der Waals surface area contributed by atoms with E-state index in [4.69, 9.17) is 4.74 Å². The van der Waals surface area contributed by atoms with Crippen LogP contribution in [0.4, 0.5) is 5.69 Å². The van der Waals surface area contributed by atoms with Crippen LogP contribution in [0.1, 0.15) is 45.6 Å². The van der Waals surface area contributed by atoms with Gasteiger partial charge in [-0.2, -0.15) is 0 Å². The number of benzene rings is 1. The summed E-state index contributed by atoms with van der Waals surface area (Å²) in [5.41, 5.74) is 2.99. The van der Waals surface area contributed by atoms with E-state index in [1.807, 2.05) is 27.7 Å². The largest absolute Gasteiger partial charge is 0.460 e. The molecule has 0 bridgehead atoms. The highest BCUT2D eigenvalue weighted by atomic mass is 32.2. The lowest BCUT2D eigenvalue weighted by Crippen LogP contribution is -2.37. The van der Waals surface area contributed by atoms with Crippen LogP contribution in [0.15, 0.2) is 66.2 Å². The summed E-state index contributed by atoms with van der Waals surface area (Å²) in [5, 5.41) is 4.26. The molecule has 1 N–H and O–H groups in total. The Kier molecular flexibility index (Phi) is 6.68. The zero-order chi connectivity index (χ0) is 27.1. The minimum atomic E-state index is -3.84. The second kappa shape index (κ2) is 9.83. The number of nitrogens with one attached hydrogen (secondary N) is 1. The van der Waals surface area contributed by atoms with Gasteiger partial charge in [0.2, 0.25) is 0 Å². The number of carbonyl (C=O) groups excluding carboxylic acids is 1. The summed E-state index contributed by atoms with van der Waals surface area (Å²) >= 11 is 0. The van der Waals surface area contributed by atoms with Gasteiger partial charge >= 0.3 is 5.97 Å². The van der Waals surface area contributed by atoms with E-state index in [0.29, 0.717) is 23.1 Å². The Labute approximate surface area is 222 Å². The van der Waals surface area contributed by atoms with Gasteiger partial charge in [0.15, 0.2) is 5.65 Å². The van der Waals surface area contributed by atoms with E-state index in [1.54, 1.807) is 48.8 Å². The minimum Gasteiger partial charge on any atom is -0.460 e. The van der Waals surface area contributed by atoms with E-state index in [-0.39, 0.29) is 22.8 Å². The van der Waals surface area contributed by atoms with Crippen LogP contribution >= 0.6 is 0 Å². The highest BCUT2D eigenvalue weighted by molar-refractivity contribution is 7.90. The molecule has 1 aliphatic rings. The Morgan fingerprint density at radius 2 is 1.84 bits per heavy atom. The van der Waals surface area contributed by atoms with E-state index < -0.39 is 15.6 Å². The molecule has 10 heteroatoms. The maximum atomic E-state index is 13.5. The van der Waals surface area contributed by atoms with Gasteiger partial charge in [0.25, 0.3) is 10.0 Å². The molecule has 1 aliphatic carbocycles. The number of ether oxygens (including phenoxy) is 1. The van der Waals surface area contributed by atoms with Crippen molar-refractivity contribution < 1.29 is 17.9 Å². The number of anilines is 1. The van der Waals surface area contributed by atoms with Crippen LogP contribution < -0.4 is 5.32 Å². The smallest absolute Gasteiger partial charge is 0.306 e. The third-order valence-corrected chi connectivity index (χ3v) is 8.26. The van der Waals surface area contributed by atoms with Crippen molar-refractivity contribution in [1.29, 1.82) is 0 Å². The van der Waals surface area contributed by atoms with Gasteiger partial charge in [-0.05, 0) is 70.7 Å². The van der Waals surface area contributed by atoms with Crippen molar-refractivity contribution in [2.75, 3.05) is 5.32 Å². The highest BCUT2D eigenvalue weighted by Crippen LogP contribution is 2.39. The zero-order valence-electron chi connectivity index (χ0n) is 21.9. The van der Waals surface area contributed by atoms with Crippen LogP contribution in [0.3, 0.4) is 0 Å². The summed E-state index contributed by atoms with van der Waals surface area (Å²) < 4.78 is 33.6. The van der Waals surface area contributed by atoms with Gasteiger partial charge in [0, 0.05) is 42.0 Å². The summed E-state index contributed by atoms with van der Waals surface area (Å²) in [5.74, 6) is 0.0426. The number of esters is 1. The molecule has 3 heterocycles. The molecule has 0 spiro atoms. The third kappa shape index (κ3) is 5.26. The molecule has 0 radical (unpaired) electrons. The van der Waals surface area contributed by atoms with E-state index in [2.05, 4.69) is 20.3 Å². The van der Waals surface area contributed by atoms with E-state index in [9.17, 15) is 13.2 Å². The lowest BCUT2D eigenvalue weighted by molar-refractivity contribution is -0.156. The Bertz CT molecular complexity index is 1570. The van der Waals surface area contributed by atoms with E-state index >= 15 is 0 Å². The van der Waals surface area contributed by atoms with Crippen molar-refractivity contribution in [3.8, 4) is 11.3 Å². The number of fused-ring (bicyclic) bond motifs is 1. The molecule has 4 aromatic rings. The Hall–Kier alpha value is -3.79. The molecule has 1 aromatic carbocycles. The molecular weight excluding hydrogens is 502 g/mol. The highest BCUT2D eigenvalue weighted by Gasteiger charge is 2.33. The molecule has 0 amide bonds. The van der Waals surface area contributed by atoms with Crippen LogP contribution in [0.2, 0.25) is 0 Å². The summed E-state index contributed by atoms with van der Waals surface area (Å²) in [6.45, 7) is 7.51. The first-order valence-corrected chi connectivity index (χ1v) is 14.0. The predicted molar refractivity (Wildman–Crippen MR) is 145 cm³/mol. The molecule has 9 nitrogen and oxygen atoms in total. The summed E-state index contributed by atoms with van der Waals surface area (Å²) in [6, 6.07) is 10.4. The van der Waals surface area contributed by atoms with E-state index in [1.165, 1.54) is 16.5 Å². The number of aryl methyl sites for hydroxylation is 1. The van der Waals surface area contributed by atoms with Gasteiger partial charge in [-0.25, -0.2) is 27.3 Å². The zero-order valence-corrected chi connectivity index (χ0v) is 22.7. The molecule has 0 saturated heterocycles. The first-order chi connectivity index (χ1) is 18.0. The van der Waals surface area contributed by atoms with Crippen LogP contribution in [-0.2, 0) is 19.6 Å². The fourth-order valence-electron chi connectivity index (χ4n) is 4.72. The van der Waals surface area contributed by atoms with Crippen molar-refractivity contribution >= 4 is 32.7 Å². The monoisotopic (exact) mass is 533 g/mol. The average molecular weight is 534 g/mol. The standard InChI is InChI=1S/C28H31N5O4S/c1-18-5-7-21(8-6-18)38(35,36)33-12-10-22-26(23(16-30-27(22)33)24-9-11-29-17-31-24)32-20-13-19(14-20)15-25(34)37-28(2,3)4/h5-12,16-17,19-20H,13-15H2,1-4H3,(H,30,32). The molecule has 0 atom stereocenters. The molecule has 1 saturated carbocycles. The Morgan fingerprint density at radius 3 is 2.50 bits per heavy atom. The van der Waals surface area contributed by atoms with Gasteiger partial charge in [-0.1, -0.05) is 17.7 Å². The van der Waals surface area contributed by atoms with Gasteiger partial charge in [-0.15, -0.1) is 0 Å². The SMILES string of the molecule is Cc1ccc(S(=O)(=O)n2ccc3c(NC4CC(CC(=O)OC(C)(C)C)C4)c(-c4ccncn4)cnc32)cc1. The summed E-state index contributed by atoms with van der Waals surface area (Å²) in [6.07, 6.45) is 8.29.